The summed E-state index contributed by atoms with van der Waals surface area (Å²) in [6, 6.07) is 8.11. The van der Waals surface area contributed by atoms with Gasteiger partial charge in [0.2, 0.25) is 11.8 Å². The second-order valence-corrected chi connectivity index (χ2v) is 7.19. The highest BCUT2D eigenvalue weighted by molar-refractivity contribution is 5.77. The van der Waals surface area contributed by atoms with Gasteiger partial charge in [0.25, 0.3) is 0 Å². The highest BCUT2D eigenvalue weighted by Crippen LogP contribution is 2.32. The minimum atomic E-state index is 0.0912. The van der Waals surface area contributed by atoms with Crippen molar-refractivity contribution in [2.75, 3.05) is 31.2 Å². The fourth-order valence-corrected chi connectivity index (χ4v) is 3.94. The van der Waals surface area contributed by atoms with Gasteiger partial charge >= 0.3 is 0 Å². The van der Waals surface area contributed by atoms with Gasteiger partial charge in [-0.05, 0) is 25.0 Å². The van der Waals surface area contributed by atoms with E-state index in [-0.39, 0.29) is 6.10 Å². The summed E-state index contributed by atoms with van der Waals surface area (Å²) in [6.45, 7) is 3.27. The zero-order chi connectivity index (χ0) is 18.1. The van der Waals surface area contributed by atoms with Crippen molar-refractivity contribution < 1.29 is 9.47 Å². The molecule has 0 saturated carbocycles. The largest absolute Gasteiger partial charge is 0.471 e. The monoisotopic (exact) mass is 365 g/mol. The van der Waals surface area contributed by atoms with Crippen LogP contribution in [0, 0.1) is 0 Å². The van der Waals surface area contributed by atoms with Crippen LogP contribution in [0.2, 0.25) is 0 Å². The molecule has 2 aliphatic heterocycles. The third kappa shape index (κ3) is 3.35. The summed E-state index contributed by atoms with van der Waals surface area (Å²) in [5.74, 6) is 1.96. The Labute approximate surface area is 157 Å². The van der Waals surface area contributed by atoms with Gasteiger partial charge in [0.05, 0.1) is 17.6 Å². The van der Waals surface area contributed by atoms with Crippen LogP contribution in [0.4, 0.5) is 5.95 Å². The molecule has 5 rings (SSSR count). The maximum atomic E-state index is 6.29. The SMILES string of the molecule is c1ccc2[nH]c(N3CCC(Oc4nccnc4C4CCOCC4)C3)nc2c1. The molecule has 0 bridgehead atoms. The minimum absolute atomic E-state index is 0.0912. The van der Waals surface area contributed by atoms with E-state index < -0.39 is 0 Å². The Kier molecular flexibility index (Phi) is 4.37. The number of nitrogens with one attached hydrogen (secondary N) is 1. The number of H-pyrrole nitrogens is 1. The number of para-hydroxylation sites is 2. The first-order chi connectivity index (χ1) is 13.4. The van der Waals surface area contributed by atoms with E-state index in [1.807, 2.05) is 18.2 Å². The molecule has 2 aromatic heterocycles. The minimum Gasteiger partial charge on any atom is -0.471 e. The fourth-order valence-electron chi connectivity index (χ4n) is 3.94. The first-order valence-corrected chi connectivity index (χ1v) is 9.62. The number of aromatic nitrogens is 4. The molecule has 1 aromatic carbocycles. The molecule has 7 nitrogen and oxygen atoms in total. The van der Waals surface area contributed by atoms with Crippen molar-refractivity contribution in [3.8, 4) is 5.88 Å². The van der Waals surface area contributed by atoms with Crippen molar-refractivity contribution >= 4 is 17.0 Å². The quantitative estimate of drug-likeness (QED) is 0.766. The van der Waals surface area contributed by atoms with Crippen molar-refractivity contribution in [3.63, 3.8) is 0 Å². The van der Waals surface area contributed by atoms with Crippen molar-refractivity contribution in [1.82, 2.24) is 19.9 Å². The Bertz CT molecular complexity index is 888. The zero-order valence-electron chi connectivity index (χ0n) is 15.2. The number of fused-ring (bicyclic) bond motifs is 1. The highest BCUT2D eigenvalue weighted by Gasteiger charge is 2.29. The van der Waals surface area contributed by atoms with Crippen LogP contribution in [-0.2, 0) is 4.74 Å². The van der Waals surface area contributed by atoms with Gasteiger partial charge in [-0.25, -0.2) is 9.97 Å². The van der Waals surface area contributed by atoms with E-state index in [1.54, 1.807) is 12.4 Å². The van der Waals surface area contributed by atoms with E-state index in [1.165, 1.54) is 0 Å². The lowest BCUT2D eigenvalue weighted by Crippen LogP contribution is -2.26. The van der Waals surface area contributed by atoms with E-state index in [4.69, 9.17) is 14.5 Å². The Morgan fingerprint density at radius 2 is 1.93 bits per heavy atom. The Hall–Kier alpha value is -2.67. The van der Waals surface area contributed by atoms with Gasteiger partial charge in [0, 0.05) is 44.5 Å². The lowest BCUT2D eigenvalue weighted by atomic mass is 9.96. The predicted octanol–water partition coefficient (Wildman–Crippen LogP) is 2.90. The molecule has 3 aromatic rings. The molecule has 140 valence electrons. The van der Waals surface area contributed by atoms with Gasteiger partial charge < -0.3 is 19.4 Å². The molecule has 4 heterocycles. The molecule has 0 amide bonds. The molecule has 2 aliphatic rings. The lowest BCUT2D eigenvalue weighted by Gasteiger charge is -2.23. The number of benzene rings is 1. The summed E-state index contributed by atoms with van der Waals surface area (Å²) in [5.41, 5.74) is 3.03. The summed E-state index contributed by atoms with van der Waals surface area (Å²) in [5, 5.41) is 0. The maximum Gasteiger partial charge on any atom is 0.236 e. The van der Waals surface area contributed by atoms with Crippen LogP contribution in [0.3, 0.4) is 0 Å². The predicted molar refractivity (Wildman–Crippen MR) is 102 cm³/mol. The van der Waals surface area contributed by atoms with Gasteiger partial charge in [-0.3, -0.25) is 4.98 Å². The molecular formula is C20H23N5O2. The van der Waals surface area contributed by atoms with Gasteiger partial charge in [0.15, 0.2) is 0 Å². The molecule has 1 unspecified atom stereocenters. The van der Waals surface area contributed by atoms with Crippen LogP contribution in [0.25, 0.3) is 11.0 Å². The standard InChI is InChI=1S/C20H23N5O2/c1-2-4-17-16(3-1)23-20(24-17)25-10-5-15(13-25)27-19-18(21-8-9-22-19)14-6-11-26-12-7-14/h1-4,8-9,14-15H,5-7,10-13H2,(H,23,24). The molecule has 7 heteroatoms. The van der Waals surface area contributed by atoms with Gasteiger partial charge in [-0.1, -0.05) is 12.1 Å². The van der Waals surface area contributed by atoms with E-state index in [0.717, 1.165) is 68.2 Å². The average molecular weight is 365 g/mol. The first kappa shape index (κ1) is 16.5. The van der Waals surface area contributed by atoms with E-state index in [9.17, 15) is 0 Å². The lowest BCUT2D eigenvalue weighted by molar-refractivity contribution is 0.0829. The van der Waals surface area contributed by atoms with Crippen LogP contribution in [-0.4, -0.2) is 52.3 Å². The molecular weight excluding hydrogens is 342 g/mol. The second kappa shape index (κ2) is 7.15. The normalized spacial score (nSPS) is 21.0. The van der Waals surface area contributed by atoms with E-state index in [2.05, 4.69) is 25.9 Å². The van der Waals surface area contributed by atoms with Crippen molar-refractivity contribution in [3.05, 3.63) is 42.4 Å². The van der Waals surface area contributed by atoms with E-state index in [0.29, 0.717) is 11.8 Å². The molecule has 27 heavy (non-hydrogen) atoms. The summed E-state index contributed by atoms with van der Waals surface area (Å²) in [6.07, 6.45) is 6.46. The summed E-state index contributed by atoms with van der Waals surface area (Å²) in [7, 11) is 0. The topological polar surface area (TPSA) is 76.2 Å². The maximum absolute atomic E-state index is 6.29. The second-order valence-electron chi connectivity index (χ2n) is 7.19. The summed E-state index contributed by atoms with van der Waals surface area (Å²) >= 11 is 0. The highest BCUT2D eigenvalue weighted by atomic mass is 16.5. The molecule has 0 radical (unpaired) electrons. The molecule has 2 saturated heterocycles. The van der Waals surface area contributed by atoms with E-state index >= 15 is 0 Å². The molecule has 1 atom stereocenters. The Morgan fingerprint density at radius 3 is 2.81 bits per heavy atom. The van der Waals surface area contributed by atoms with Crippen molar-refractivity contribution in [2.45, 2.75) is 31.3 Å². The van der Waals surface area contributed by atoms with Gasteiger partial charge in [-0.15, -0.1) is 0 Å². The smallest absolute Gasteiger partial charge is 0.236 e. The number of ether oxygens (including phenoxy) is 2. The number of hydrogen-bond donors (Lipinski definition) is 1. The third-order valence-corrected chi connectivity index (χ3v) is 5.40. The van der Waals surface area contributed by atoms with Crippen LogP contribution in [0.5, 0.6) is 5.88 Å². The van der Waals surface area contributed by atoms with Crippen LogP contribution in [0.1, 0.15) is 30.9 Å². The number of rotatable bonds is 4. The van der Waals surface area contributed by atoms with Gasteiger partial charge in [-0.2, -0.15) is 0 Å². The van der Waals surface area contributed by atoms with Crippen molar-refractivity contribution in [1.29, 1.82) is 0 Å². The number of hydrogen-bond acceptors (Lipinski definition) is 6. The molecule has 0 spiro atoms. The third-order valence-electron chi connectivity index (χ3n) is 5.40. The molecule has 0 aliphatic carbocycles. The fraction of sp³-hybridized carbons (Fsp3) is 0.450. The summed E-state index contributed by atoms with van der Waals surface area (Å²) in [4.78, 5) is 19.4. The Balaban J connectivity index is 1.30. The van der Waals surface area contributed by atoms with Crippen LogP contribution < -0.4 is 9.64 Å². The molecule has 1 N–H and O–H groups in total. The summed E-state index contributed by atoms with van der Waals surface area (Å²) < 4.78 is 11.8. The Morgan fingerprint density at radius 1 is 1.07 bits per heavy atom. The number of nitrogens with zero attached hydrogens (tertiary/aromatic N) is 4. The first-order valence-electron chi connectivity index (χ1n) is 9.62. The van der Waals surface area contributed by atoms with Crippen LogP contribution >= 0.6 is 0 Å². The number of aromatic amines is 1. The van der Waals surface area contributed by atoms with Gasteiger partial charge in [0.1, 0.15) is 11.8 Å². The molecule has 2 fully saturated rings. The van der Waals surface area contributed by atoms with Crippen LogP contribution in [0.15, 0.2) is 36.7 Å². The zero-order valence-corrected chi connectivity index (χ0v) is 15.2. The number of imidazole rings is 1. The van der Waals surface area contributed by atoms with Crippen molar-refractivity contribution in [2.24, 2.45) is 0 Å². The number of anilines is 1. The average Bonchev–Trinajstić information content (AvgIpc) is 3.36.